The zero-order valence-corrected chi connectivity index (χ0v) is 20.0. The molecule has 3 N–H and O–H groups in total. The molecule has 1 aliphatic rings. The normalized spacial score (nSPS) is 16.4. The lowest BCUT2D eigenvalue weighted by atomic mass is 10.1. The number of halogens is 1. The molecular weight excluding hydrogens is 483 g/mol. The number of amides is 1. The monoisotopic (exact) mass is 518 g/mol. The lowest BCUT2D eigenvalue weighted by Gasteiger charge is -2.14. The summed E-state index contributed by atoms with van der Waals surface area (Å²) in [4.78, 5) is 16.4. The Bertz CT molecular complexity index is 634. The number of benzene rings is 1. The van der Waals surface area contributed by atoms with Crippen molar-refractivity contribution in [2.45, 2.75) is 45.8 Å². The van der Waals surface area contributed by atoms with Crippen LogP contribution in [-0.4, -0.2) is 51.4 Å². The van der Waals surface area contributed by atoms with Crippen LogP contribution in [0.2, 0.25) is 0 Å². The van der Waals surface area contributed by atoms with E-state index in [1.54, 1.807) is 7.05 Å². The van der Waals surface area contributed by atoms with Crippen LogP contribution in [0.15, 0.2) is 29.3 Å². The summed E-state index contributed by atoms with van der Waals surface area (Å²) in [5.74, 6) is 1.31. The smallest absolute Gasteiger partial charge is 0.253 e. The summed E-state index contributed by atoms with van der Waals surface area (Å²) in [6.07, 6.45) is 2.48. The first-order chi connectivity index (χ1) is 13.6. The van der Waals surface area contributed by atoms with Crippen molar-refractivity contribution in [1.82, 2.24) is 10.6 Å². The van der Waals surface area contributed by atoms with Crippen LogP contribution < -0.4 is 16.0 Å². The van der Waals surface area contributed by atoms with E-state index < -0.39 is 0 Å². The molecule has 1 heterocycles. The van der Waals surface area contributed by atoms with Gasteiger partial charge in [-0.25, -0.2) is 0 Å². The minimum atomic E-state index is -0.326. The zero-order valence-electron chi connectivity index (χ0n) is 17.7. The van der Waals surface area contributed by atoms with Gasteiger partial charge in [0.25, 0.3) is 5.91 Å². The largest absolute Gasteiger partial charge is 0.380 e. The molecule has 0 radical (unpaired) electrons. The maximum absolute atomic E-state index is 12.2. The van der Waals surface area contributed by atoms with E-state index in [4.69, 9.17) is 9.47 Å². The van der Waals surface area contributed by atoms with E-state index in [0.29, 0.717) is 32.2 Å². The molecule has 0 aliphatic carbocycles. The Labute approximate surface area is 191 Å². The molecule has 1 unspecified atom stereocenters. The Morgan fingerprint density at radius 1 is 1.31 bits per heavy atom. The number of aliphatic imine (C=N–C) groups is 1. The highest BCUT2D eigenvalue weighted by molar-refractivity contribution is 14.0. The quantitative estimate of drug-likeness (QED) is 0.192. The van der Waals surface area contributed by atoms with Crippen LogP contribution in [-0.2, 0) is 20.8 Å². The standard InChI is InChI=1S/C21H34N4O3.HI/c1-16(2)9-12-27-13-10-23-21(22-3)24-15-17-6-4-7-18(14-17)25-20(26)19-8-5-11-28-19;/h4,6-7,14,16,19H,5,8-13,15H2,1-3H3,(H,25,26)(H2,22,23,24);1H. The van der Waals surface area contributed by atoms with Crippen molar-refractivity contribution in [2.75, 3.05) is 38.7 Å². The van der Waals surface area contributed by atoms with E-state index in [2.05, 4.69) is 34.8 Å². The minimum Gasteiger partial charge on any atom is -0.380 e. The number of carbonyl (C=O) groups excluding carboxylic acids is 1. The molecule has 0 bridgehead atoms. The van der Waals surface area contributed by atoms with Crippen LogP contribution >= 0.6 is 24.0 Å². The van der Waals surface area contributed by atoms with Crippen LogP contribution in [0, 0.1) is 5.92 Å². The maximum atomic E-state index is 12.2. The second kappa shape index (κ2) is 14.6. The van der Waals surface area contributed by atoms with E-state index in [9.17, 15) is 4.79 Å². The van der Waals surface area contributed by atoms with Crippen LogP contribution in [0.25, 0.3) is 0 Å². The third-order valence-corrected chi connectivity index (χ3v) is 4.48. The molecule has 1 atom stereocenters. The van der Waals surface area contributed by atoms with E-state index >= 15 is 0 Å². The van der Waals surface area contributed by atoms with Gasteiger partial charge in [-0.1, -0.05) is 26.0 Å². The molecule has 2 rings (SSSR count). The van der Waals surface area contributed by atoms with Crippen LogP contribution in [0.5, 0.6) is 0 Å². The Hall–Kier alpha value is -1.39. The summed E-state index contributed by atoms with van der Waals surface area (Å²) in [6, 6.07) is 7.79. The van der Waals surface area contributed by atoms with Gasteiger partial charge in [0.05, 0.1) is 6.61 Å². The van der Waals surface area contributed by atoms with E-state index in [-0.39, 0.29) is 36.0 Å². The molecule has 1 aliphatic heterocycles. The van der Waals surface area contributed by atoms with Crippen molar-refractivity contribution in [3.8, 4) is 0 Å². The topological polar surface area (TPSA) is 84.0 Å². The molecule has 1 aromatic carbocycles. The number of guanidine groups is 1. The van der Waals surface area contributed by atoms with Crippen molar-refractivity contribution in [2.24, 2.45) is 10.9 Å². The second-order valence-corrected chi connectivity index (χ2v) is 7.34. The summed E-state index contributed by atoms with van der Waals surface area (Å²) in [7, 11) is 1.74. The van der Waals surface area contributed by atoms with Crippen LogP contribution in [0.1, 0.15) is 38.7 Å². The van der Waals surface area contributed by atoms with Gasteiger partial charge in [0.1, 0.15) is 6.10 Å². The summed E-state index contributed by atoms with van der Waals surface area (Å²) in [6.45, 7) is 7.80. The Morgan fingerprint density at radius 2 is 2.14 bits per heavy atom. The molecule has 29 heavy (non-hydrogen) atoms. The fraction of sp³-hybridized carbons (Fsp3) is 0.619. The Balaban J connectivity index is 0.00000420. The second-order valence-electron chi connectivity index (χ2n) is 7.34. The highest BCUT2D eigenvalue weighted by Gasteiger charge is 2.23. The minimum absolute atomic E-state index is 0. The van der Waals surface area contributed by atoms with E-state index in [0.717, 1.165) is 43.1 Å². The molecule has 1 amide bonds. The number of nitrogens with zero attached hydrogens (tertiary/aromatic N) is 1. The summed E-state index contributed by atoms with van der Waals surface area (Å²) >= 11 is 0. The maximum Gasteiger partial charge on any atom is 0.253 e. The number of carbonyl (C=O) groups is 1. The average molecular weight is 518 g/mol. The van der Waals surface area contributed by atoms with Crippen molar-refractivity contribution in [3.05, 3.63) is 29.8 Å². The van der Waals surface area contributed by atoms with Gasteiger partial charge in [0.15, 0.2) is 5.96 Å². The predicted molar refractivity (Wildman–Crippen MR) is 128 cm³/mol. The molecule has 0 saturated carbocycles. The van der Waals surface area contributed by atoms with Crippen molar-refractivity contribution in [1.29, 1.82) is 0 Å². The average Bonchev–Trinajstić information content (AvgIpc) is 3.22. The number of hydrogen-bond donors (Lipinski definition) is 3. The molecule has 0 aromatic heterocycles. The Kier molecular flexibility index (Phi) is 12.9. The third-order valence-electron chi connectivity index (χ3n) is 4.48. The van der Waals surface area contributed by atoms with Gasteiger partial charge in [-0.15, -0.1) is 24.0 Å². The molecule has 1 saturated heterocycles. The van der Waals surface area contributed by atoms with Gasteiger partial charge in [-0.05, 0) is 42.9 Å². The molecule has 8 heteroatoms. The highest BCUT2D eigenvalue weighted by Crippen LogP contribution is 2.16. The van der Waals surface area contributed by atoms with Gasteiger partial charge in [-0.3, -0.25) is 9.79 Å². The summed E-state index contributed by atoms with van der Waals surface area (Å²) in [5, 5.41) is 9.45. The number of nitrogens with one attached hydrogen (secondary N) is 3. The predicted octanol–water partition coefficient (Wildman–Crippen LogP) is 3.15. The van der Waals surface area contributed by atoms with E-state index in [1.807, 2.05) is 24.3 Å². The van der Waals surface area contributed by atoms with Crippen molar-refractivity contribution >= 4 is 41.5 Å². The third kappa shape index (κ3) is 10.3. The summed E-state index contributed by atoms with van der Waals surface area (Å²) in [5.41, 5.74) is 1.84. The molecule has 0 spiro atoms. The van der Waals surface area contributed by atoms with Gasteiger partial charge >= 0.3 is 0 Å². The van der Waals surface area contributed by atoms with Crippen molar-refractivity contribution < 1.29 is 14.3 Å². The summed E-state index contributed by atoms with van der Waals surface area (Å²) < 4.78 is 11.0. The number of rotatable bonds is 10. The van der Waals surface area contributed by atoms with Gasteiger partial charge in [-0.2, -0.15) is 0 Å². The lowest BCUT2D eigenvalue weighted by molar-refractivity contribution is -0.124. The van der Waals surface area contributed by atoms with Gasteiger partial charge < -0.3 is 25.4 Å². The first-order valence-corrected chi connectivity index (χ1v) is 10.1. The first kappa shape index (κ1) is 25.6. The van der Waals surface area contributed by atoms with Crippen molar-refractivity contribution in [3.63, 3.8) is 0 Å². The number of anilines is 1. The lowest BCUT2D eigenvalue weighted by Crippen LogP contribution is -2.38. The SMILES string of the molecule is CN=C(NCCOCCC(C)C)NCc1cccc(NC(=O)C2CCCO2)c1.I. The molecule has 164 valence electrons. The fourth-order valence-electron chi connectivity index (χ4n) is 2.84. The Morgan fingerprint density at radius 3 is 2.83 bits per heavy atom. The van der Waals surface area contributed by atoms with Crippen LogP contribution in [0.4, 0.5) is 5.69 Å². The van der Waals surface area contributed by atoms with Crippen LogP contribution in [0.3, 0.4) is 0 Å². The molecule has 1 aromatic rings. The number of ether oxygens (including phenoxy) is 2. The number of hydrogen-bond acceptors (Lipinski definition) is 4. The zero-order chi connectivity index (χ0) is 20.2. The van der Waals surface area contributed by atoms with E-state index in [1.165, 1.54) is 0 Å². The van der Waals surface area contributed by atoms with Gasteiger partial charge in [0, 0.05) is 39.0 Å². The highest BCUT2D eigenvalue weighted by atomic mass is 127. The fourth-order valence-corrected chi connectivity index (χ4v) is 2.84. The molecule has 7 nitrogen and oxygen atoms in total. The molecule has 1 fully saturated rings. The van der Waals surface area contributed by atoms with Gasteiger partial charge in [0.2, 0.25) is 0 Å². The first-order valence-electron chi connectivity index (χ1n) is 10.1. The molecular formula is C21H35IN4O3.